The van der Waals surface area contributed by atoms with Crippen molar-refractivity contribution in [1.29, 1.82) is 5.26 Å². The Morgan fingerprint density at radius 3 is 2.72 bits per heavy atom. The molecule has 0 aromatic carbocycles. The van der Waals surface area contributed by atoms with E-state index in [-0.39, 0.29) is 17.0 Å². The molecule has 1 aromatic rings. The largest absolute Gasteiger partial charge is 0.356 e. The number of hydrogen-bond acceptors (Lipinski definition) is 5. The molecule has 7 nitrogen and oxygen atoms in total. The number of nitriles is 1. The average Bonchev–Trinajstić information content (AvgIpc) is 2.59. The number of piperazine rings is 1. The molecule has 0 atom stereocenters. The summed E-state index contributed by atoms with van der Waals surface area (Å²) in [5, 5.41) is 15.4. The van der Waals surface area contributed by atoms with Crippen molar-refractivity contribution in [2.24, 2.45) is 0 Å². The fraction of sp³-hybridized carbons (Fsp3) is 0.611. The highest BCUT2D eigenvalue weighted by molar-refractivity contribution is 5.76. The Bertz CT molecular complexity index is 699. The van der Waals surface area contributed by atoms with Crippen LogP contribution in [0, 0.1) is 25.2 Å². The van der Waals surface area contributed by atoms with Crippen LogP contribution in [0.25, 0.3) is 0 Å². The first-order chi connectivity index (χ1) is 12.0. The van der Waals surface area contributed by atoms with Gasteiger partial charge < -0.3 is 20.5 Å². The molecule has 2 rings (SSSR count). The maximum absolute atomic E-state index is 12.0. The lowest BCUT2D eigenvalue weighted by Gasteiger charge is -2.27. The number of aromatic nitrogens is 1. The SMILES string of the molecule is Cc1[nH]c(=O)c(C#N)c(C)c1CCC(=O)NCCCN1CCNCC1. The molecule has 2 heterocycles. The van der Waals surface area contributed by atoms with Gasteiger partial charge in [-0.15, -0.1) is 0 Å². The van der Waals surface area contributed by atoms with Gasteiger partial charge in [-0.1, -0.05) is 0 Å². The van der Waals surface area contributed by atoms with E-state index in [1.165, 1.54) is 0 Å². The first-order valence-corrected chi connectivity index (χ1v) is 8.85. The molecular formula is C18H27N5O2. The second-order valence-corrected chi connectivity index (χ2v) is 6.46. The van der Waals surface area contributed by atoms with Gasteiger partial charge in [-0.2, -0.15) is 5.26 Å². The summed E-state index contributed by atoms with van der Waals surface area (Å²) in [5.74, 6) is 0.00354. The summed E-state index contributed by atoms with van der Waals surface area (Å²) in [7, 11) is 0. The third-order valence-corrected chi connectivity index (χ3v) is 4.71. The van der Waals surface area contributed by atoms with Crippen LogP contribution >= 0.6 is 0 Å². The quantitative estimate of drug-likeness (QED) is 0.613. The van der Waals surface area contributed by atoms with E-state index >= 15 is 0 Å². The normalized spacial score (nSPS) is 14.9. The first-order valence-electron chi connectivity index (χ1n) is 8.85. The van der Waals surface area contributed by atoms with Crippen LogP contribution in [0.2, 0.25) is 0 Å². The monoisotopic (exact) mass is 345 g/mol. The molecule has 3 N–H and O–H groups in total. The first kappa shape index (κ1) is 19.2. The Hall–Kier alpha value is -2.17. The van der Waals surface area contributed by atoms with E-state index in [1.54, 1.807) is 13.8 Å². The van der Waals surface area contributed by atoms with Gasteiger partial charge in [0.1, 0.15) is 11.6 Å². The Balaban J connectivity index is 1.76. The van der Waals surface area contributed by atoms with E-state index in [4.69, 9.17) is 5.26 Å². The minimum Gasteiger partial charge on any atom is -0.356 e. The molecule has 7 heteroatoms. The second kappa shape index (κ2) is 9.35. The summed E-state index contributed by atoms with van der Waals surface area (Å²) in [4.78, 5) is 28.9. The molecule has 25 heavy (non-hydrogen) atoms. The minimum absolute atomic E-state index is 0.00354. The van der Waals surface area contributed by atoms with E-state index in [0.717, 1.165) is 50.4 Å². The zero-order valence-electron chi connectivity index (χ0n) is 15.1. The summed E-state index contributed by atoms with van der Waals surface area (Å²) in [5.41, 5.74) is 2.06. The Labute approximate surface area is 148 Å². The molecule has 1 aliphatic rings. The lowest BCUT2D eigenvalue weighted by molar-refractivity contribution is -0.121. The van der Waals surface area contributed by atoms with Crippen LogP contribution < -0.4 is 16.2 Å². The van der Waals surface area contributed by atoms with Gasteiger partial charge in [0.05, 0.1) is 0 Å². The predicted molar refractivity (Wildman–Crippen MR) is 96.5 cm³/mol. The zero-order valence-corrected chi connectivity index (χ0v) is 15.1. The van der Waals surface area contributed by atoms with Crippen LogP contribution in [0.4, 0.5) is 0 Å². The number of nitrogens with one attached hydrogen (secondary N) is 3. The lowest BCUT2D eigenvalue weighted by atomic mass is 9.99. The van der Waals surface area contributed by atoms with Crippen LogP contribution in [-0.4, -0.2) is 55.1 Å². The number of hydrogen-bond donors (Lipinski definition) is 3. The number of carbonyl (C=O) groups is 1. The van der Waals surface area contributed by atoms with Crippen LogP contribution in [0.5, 0.6) is 0 Å². The van der Waals surface area contributed by atoms with Crippen molar-refractivity contribution in [3.05, 3.63) is 32.7 Å². The highest BCUT2D eigenvalue weighted by atomic mass is 16.1. The molecule has 0 radical (unpaired) electrons. The molecule has 1 fully saturated rings. The Morgan fingerprint density at radius 2 is 2.04 bits per heavy atom. The second-order valence-electron chi connectivity index (χ2n) is 6.46. The molecule has 0 aliphatic carbocycles. The Morgan fingerprint density at radius 1 is 1.32 bits per heavy atom. The van der Waals surface area contributed by atoms with Gasteiger partial charge in [0.2, 0.25) is 5.91 Å². The average molecular weight is 345 g/mol. The number of nitrogens with zero attached hydrogens (tertiary/aromatic N) is 2. The van der Waals surface area contributed by atoms with Gasteiger partial charge in [0.25, 0.3) is 5.56 Å². The molecule has 0 spiro atoms. The van der Waals surface area contributed by atoms with Crippen molar-refractivity contribution < 1.29 is 4.79 Å². The van der Waals surface area contributed by atoms with Crippen LogP contribution in [0.1, 0.15) is 35.2 Å². The summed E-state index contributed by atoms with van der Waals surface area (Å²) < 4.78 is 0. The number of amides is 1. The standard InChI is InChI=1S/C18H27N5O2/c1-13-15(14(2)22-18(25)16(13)12-19)4-5-17(24)21-6-3-9-23-10-7-20-8-11-23/h20H,3-11H2,1-2H3,(H,21,24)(H,22,25). The van der Waals surface area contributed by atoms with E-state index in [2.05, 4.69) is 20.5 Å². The molecule has 0 unspecified atom stereocenters. The zero-order chi connectivity index (χ0) is 18.2. The number of aryl methyl sites for hydroxylation is 1. The van der Waals surface area contributed by atoms with Crippen molar-refractivity contribution in [3.63, 3.8) is 0 Å². The summed E-state index contributed by atoms with van der Waals surface area (Å²) in [6.07, 6.45) is 1.82. The number of H-pyrrole nitrogens is 1. The van der Waals surface area contributed by atoms with Crippen LogP contribution in [0.3, 0.4) is 0 Å². The smallest absolute Gasteiger partial charge is 0.266 e. The number of carbonyl (C=O) groups excluding carboxylic acids is 1. The van der Waals surface area contributed by atoms with Gasteiger partial charge in [-0.25, -0.2) is 0 Å². The fourth-order valence-electron chi connectivity index (χ4n) is 3.21. The third kappa shape index (κ3) is 5.41. The van der Waals surface area contributed by atoms with Crippen molar-refractivity contribution in [1.82, 2.24) is 20.5 Å². The van der Waals surface area contributed by atoms with Crippen LogP contribution in [0.15, 0.2) is 4.79 Å². The molecule has 136 valence electrons. The lowest BCUT2D eigenvalue weighted by Crippen LogP contribution is -2.44. The van der Waals surface area contributed by atoms with Crippen molar-refractivity contribution >= 4 is 5.91 Å². The molecule has 1 aromatic heterocycles. The summed E-state index contributed by atoms with van der Waals surface area (Å²) in [6.45, 7) is 9.46. The van der Waals surface area contributed by atoms with Gasteiger partial charge >= 0.3 is 0 Å². The fourth-order valence-corrected chi connectivity index (χ4v) is 3.21. The summed E-state index contributed by atoms with van der Waals surface area (Å²) >= 11 is 0. The van der Waals surface area contributed by atoms with Crippen molar-refractivity contribution in [2.75, 3.05) is 39.3 Å². The molecule has 0 bridgehead atoms. The van der Waals surface area contributed by atoms with E-state index in [0.29, 0.717) is 24.9 Å². The van der Waals surface area contributed by atoms with Gasteiger partial charge in [0.15, 0.2) is 0 Å². The van der Waals surface area contributed by atoms with Crippen molar-refractivity contribution in [3.8, 4) is 6.07 Å². The van der Waals surface area contributed by atoms with Gasteiger partial charge in [-0.05, 0) is 44.4 Å². The number of aromatic amines is 1. The number of rotatable bonds is 7. The van der Waals surface area contributed by atoms with E-state index < -0.39 is 0 Å². The van der Waals surface area contributed by atoms with Gasteiger partial charge in [-0.3, -0.25) is 9.59 Å². The maximum atomic E-state index is 12.0. The predicted octanol–water partition coefficient (Wildman–Crippen LogP) is 0.208. The molecule has 1 aliphatic heterocycles. The highest BCUT2D eigenvalue weighted by Gasteiger charge is 2.13. The minimum atomic E-state index is -0.362. The van der Waals surface area contributed by atoms with E-state index in [1.807, 2.05) is 6.07 Å². The topological polar surface area (TPSA) is 101 Å². The maximum Gasteiger partial charge on any atom is 0.266 e. The summed E-state index contributed by atoms with van der Waals surface area (Å²) in [6, 6.07) is 1.94. The van der Waals surface area contributed by atoms with Crippen LogP contribution in [-0.2, 0) is 11.2 Å². The van der Waals surface area contributed by atoms with Crippen molar-refractivity contribution in [2.45, 2.75) is 33.1 Å². The highest BCUT2D eigenvalue weighted by Crippen LogP contribution is 2.14. The molecule has 0 saturated carbocycles. The van der Waals surface area contributed by atoms with Gasteiger partial charge in [0, 0.05) is 44.8 Å². The Kier molecular flexibility index (Phi) is 7.16. The molecular weight excluding hydrogens is 318 g/mol. The third-order valence-electron chi connectivity index (χ3n) is 4.71. The molecule has 1 amide bonds. The number of pyridine rings is 1. The molecule has 1 saturated heterocycles. The van der Waals surface area contributed by atoms with E-state index in [9.17, 15) is 9.59 Å².